The third-order valence-electron chi connectivity index (χ3n) is 2.73. The first-order chi connectivity index (χ1) is 8.15. The fraction of sp³-hybridized carbons (Fsp3) is 0.833. The van der Waals surface area contributed by atoms with Gasteiger partial charge in [0.15, 0.2) is 5.78 Å². The van der Waals surface area contributed by atoms with Crippen molar-refractivity contribution in [3.8, 4) is 0 Å². The Morgan fingerprint density at radius 3 is 2.82 bits per heavy atom. The molecular formula is C12H21NO3S. The number of esters is 1. The molecule has 1 unspecified atom stereocenters. The van der Waals surface area contributed by atoms with E-state index in [1.165, 1.54) is 0 Å². The number of Topliss-reactive ketones (excluding diaryl/α,β-unsaturated/α-hetero) is 1. The van der Waals surface area contributed by atoms with Gasteiger partial charge in [-0.05, 0) is 13.3 Å². The maximum atomic E-state index is 11.6. The first-order valence-corrected chi connectivity index (χ1v) is 7.21. The van der Waals surface area contributed by atoms with E-state index in [0.29, 0.717) is 18.4 Å². The van der Waals surface area contributed by atoms with Crippen LogP contribution >= 0.6 is 11.8 Å². The summed E-state index contributed by atoms with van der Waals surface area (Å²) in [6, 6.07) is 0. The van der Waals surface area contributed by atoms with Gasteiger partial charge in [-0.2, -0.15) is 11.8 Å². The minimum absolute atomic E-state index is 0.0368. The predicted molar refractivity (Wildman–Crippen MR) is 69.2 cm³/mol. The zero-order valence-corrected chi connectivity index (χ0v) is 11.4. The quantitative estimate of drug-likeness (QED) is 0.532. The van der Waals surface area contributed by atoms with Crippen molar-refractivity contribution in [2.75, 3.05) is 32.0 Å². The minimum Gasteiger partial charge on any atom is -0.466 e. The maximum absolute atomic E-state index is 11.6. The van der Waals surface area contributed by atoms with Gasteiger partial charge >= 0.3 is 5.97 Å². The molecule has 0 aromatic heterocycles. The molecule has 1 fully saturated rings. The highest BCUT2D eigenvalue weighted by molar-refractivity contribution is 8.00. The number of ketones is 1. The summed E-state index contributed by atoms with van der Waals surface area (Å²) in [6.07, 6.45) is 1.04. The average molecular weight is 259 g/mol. The smallest absolute Gasteiger partial charge is 0.313 e. The van der Waals surface area contributed by atoms with Gasteiger partial charge in [-0.15, -0.1) is 0 Å². The summed E-state index contributed by atoms with van der Waals surface area (Å²) < 4.78 is 4.76. The van der Waals surface area contributed by atoms with E-state index >= 15 is 0 Å². The molecule has 4 nitrogen and oxygen atoms in total. The van der Waals surface area contributed by atoms with E-state index < -0.39 is 5.97 Å². The highest BCUT2D eigenvalue weighted by atomic mass is 32.2. The van der Waals surface area contributed by atoms with Crippen molar-refractivity contribution in [3.05, 3.63) is 0 Å². The van der Waals surface area contributed by atoms with Crippen molar-refractivity contribution in [2.45, 2.75) is 31.9 Å². The van der Waals surface area contributed by atoms with Gasteiger partial charge in [0.2, 0.25) is 0 Å². The van der Waals surface area contributed by atoms with Crippen molar-refractivity contribution in [3.63, 3.8) is 0 Å². The molecule has 0 N–H and O–H groups in total. The summed E-state index contributed by atoms with van der Waals surface area (Å²) in [6.45, 7) is 6.53. The molecule has 0 amide bonds. The van der Waals surface area contributed by atoms with E-state index in [1.54, 1.807) is 6.92 Å². The topological polar surface area (TPSA) is 46.6 Å². The summed E-state index contributed by atoms with van der Waals surface area (Å²) >= 11 is 1.97. The molecule has 0 spiro atoms. The van der Waals surface area contributed by atoms with E-state index in [4.69, 9.17) is 4.74 Å². The van der Waals surface area contributed by atoms with Gasteiger partial charge in [0.1, 0.15) is 6.42 Å². The molecule has 1 rings (SSSR count). The second kappa shape index (κ2) is 7.71. The van der Waals surface area contributed by atoms with Gasteiger partial charge in [-0.1, -0.05) is 6.92 Å². The summed E-state index contributed by atoms with van der Waals surface area (Å²) in [5.41, 5.74) is 0. The zero-order valence-electron chi connectivity index (χ0n) is 10.6. The van der Waals surface area contributed by atoms with Crippen molar-refractivity contribution >= 4 is 23.5 Å². The molecule has 1 heterocycles. The van der Waals surface area contributed by atoms with E-state index in [2.05, 4.69) is 11.8 Å². The van der Waals surface area contributed by atoms with E-state index in [0.717, 1.165) is 25.3 Å². The molecule has 0 saturated carbocycles. The molecule has 0 aromatic carbocycles. The molecule has 5 heteroatoms. The third-order valence-corrected chi connectivity index (χ3v) is 4.10. The largest absolute Gasteiger partial charge is 0.466 e. The summed E-state index contributed by atoms with van der Waals surface area (Å²) in [5, 5.41) is 0.624. The van der Waals surface area contributed by atoms with Gasteiger partial charge in [0, 0.05) is 24.1 Å². The highest BCUT2D eigenvalue weighted by Gasteiger charge is 2.21. The van der Waals surface area contributed by atoms with Crippen molar-refractivity contribution in [1.82, 2.24) is 4.90 Å². The van der Waals surface area contributed by atoms with E-state index in [9.17, 15) is 9.59 Å². The molecule has 98 valence electrons. The molecule has 1 aliphatic rings. The molecule has 0 aliphatic carbocycles. The van der Waals surface area contributed by atoms with Crippen LogP contribution in [-0.4, -0.2) is 53.9 Å². The first kappa shape index (κ1) is 14.5. The zero-order chi connectivity index (χ0) is 12.7. The average Bonchev–Trinajstić information content (AvgIpc) is 2.29. The van der Waals surface area contributed by atoms with Crippen LogP contribution in [0, 0.1) is 0 Å². The fourth-order valence-corrected chi connectivity index (χ4v) is 3.10. The summed E-state index contributed by atoms with van der Waals surface area (Å²) in [5.74, 6) is 0.631. The van der Waals surface area contributed by atoms with Gasteiger partial charge in [-0.3, -0.25) is 14.5 Å². The van der Waals surface area contributed by atoms with E-state index in [-0.39, 0.29) is 12.2 Å². The maximum Gasteiger partial charge on any atom is 0.313 e. The number of ether oxygens (including phenoxy) is 1. The minimum atomic E-state index is -0.407. The molecule has 0 aromatic rings. The first-order valence-electron chi connectivity index (χ1n) is 6.17. The Bertz CT molecular complexity index is 270. The highest BCUT2D eigenvalue weighted by Crippen LogP contribution is 2.20. The second-order valence-corrected chi connectivity index (χ2v) is 5.56. The Morgan fingerprint density at radius 1 is 1.41 bits per heavy atom. The molecule has 1 saturated heterocycles. The molecule has 0 bridgehead atoms. The Balaban J connectivity index is 2.28. The summed E-state index contributed by atoms with van der Waals surface area (Å²) in [7, 11) is 0. The van der Waals surface area contributed by atoms with Crippen LogP contribution in [0.25, 0.3) is 0 Å². The number of hydrogen-bond acceptors (Lipinski definition) is 5. The van der Waals surface area contributed by atoms with Crippen molar-refractivity contribution in [1.29, 1.82) is 0 Å². The normalized spacial score (nSPS) is 21.2. The number of nitrogens with zero attached hydrogens (tertiary/aromatic N) is 1. The van der Waals surface area contributed by atoms with Gasteiger partial charge < -0.3 is 4.74 Å². The Morgan fingerprint density at radius 2 is 2.18 bits per heavy atom. The summed E-state index contributed by atoms with van der Waals surface area (Å²) in [4.78, 5) is 24.9. The molecule has 1 aliphatic heterocycles. The van der Waals surface area contributed by atoms with Crippen LogP contribution in [0.4, 0.5) is 0 Å². The predicted octanol–water partition coefficient (Wildman–Crippen LogP) is 1.34. The molecule has 0 radical (unpaired) electrons. The lowest BCUT2D eigenvalue weighted by Gasteiger charge is -2.31. The van der Waals surface area contributed by atoms with Gasteiger partial charge in [0.05, 0.1) is 13.2 Å². The molecular weight excluding hydrogens is 238 g/mol. The molecule has 17 heavy (non-hydrogen) atoms. The Hall–Kier alpha value is -0.550. The SMILES string of the molecule is CCOC(=O)CC(=O)CN1CCSC(CC)C1. The number of rotatable bonds is 6. The van der Waals surface area contributed by atoms with Crippen LogP contribution < -0.4 is 0 Å². The molecule has 1 atom stereocenters. The van der Waals surface area contributed by atoms with Gasteiger partial charge in [0.25, 0.3) is 0 Å². The lowest BCUT2D eigenvalue weighted by Crippen LogP contribution is -2.41. The Kier molecular flexibility index (Phi) is 6.58. The van der Waals surface area contributed by atoms with Crippen LogP contribution in [0.15, 0.2) is 0 Å². The van der Waals surface area contributed by atoms with Gasteiger partial charge in [-0.25, -0.2) is 0 Å². The van der Waals surface area contributed by atoms with Crippen LogP contribution in [0.1, 0.15) is 26.7 Å². The van der Waals surface area contributed by atoms with E-state index in [1.807, 2.05) is 11.8 Å². The van der Waals surface area contributed by atoms with Crippen LogP contribution in [-0.2, 0) is 14.3 Å². The number of carbonyl (C=O) groups excluding carboxylic acids is 2. The third kappa shape index (κ3) is 5.55. The van der Waals surface area contributed by atoms with Crippen LogP contribution in [0.2, 0.25) is 0 Å². The lowest BCUT2D eigenvalue weighted by molar-refractivity contribution is -0.145. The van der Waals surface area contributed by atoms with Crippen LogP contribution in [0.3, 0.4) is 0 Å². The standard InChI is InChI=1S/C12H21NO3S/c1-3-11-9-13(5-6-17-11)8-10(14)7-12(15)16-4-2/h11H,3-9H2,1-2H3. The van der Waals surface area contributed by atoms with Crippen molar-refractivity contribution in [2.24, 2.45) is 0 Å². The van der Waals surface area contributed by atoms with Crippen molar-refractivity contribution < 1.29 is 14.3 Å². The lowest BCUT2D eigenvalue weighted by atomic mass is 10.2. The van der Waals surface area contributed by atoms with Crippen LogP contribution in [0.5, 0.6) is 0 Å². The number of thioether (sulfide) groups is 1. The monoisotopic (exact) mass is 259 g/mol. The number of hydrogen-bond donors (Lipinski definition) is 0. The number of carbonyl (C=O) groups is 2. The second-order valence-electron chi connectivity index (χ2n) is 4.16. The fourth-order valence-electron chi connectivity index (χ4n) is 1.85. The Labute approximate surface area is 107 Å².